The van der Waals surface area contributed by atoms with Gasteiger partial charge in [-0.2, -0.15) is 11.8 Å². The number of likely N-dealkylation sites (N-methyl/N-ethyl adjacent to an activating group) is 1. The van der Waals surface area contributed by atoms with Gasteiger partial charge in [0.15, 0.2) is 0 Å². The van der Waals surface area contributed by atoms with Crippen molar-refractivity contribution in [3.63, 3.8) is 0 Å². The Bertz CT molecular complexity index is 177. The van der Waals surface area contributed by atoms with Gasteiger partial charge >= 0.3 is 0 Å². The highest BCUT2D eigenvalue weighted by atomic mass is 32.2. The minimum atomic E-state index is -0.285. The number of ether oxygens (including phenoxy) is 1. The summed E-state index contributed by atoms with van der Waals surface area (Å²) in [5.41, 5.74) is 0. The van der Waals surface area contributed by atoms with Gasteiger partial charge in [-0.25, -0.2) is 0 Å². The van der Waals surface area contributed by atoms with Gasteiger partial charge < -0.3 is 15.2 Å². The van der Waals surface area contributed by atoms with Crippen LogP contribution in [0, 0.1) is 0 Å². The smallest absolute Gasteiger partial charge is 0.0791 e. The molecule has 1 rings (SSSR count). The van der Waals surface area contributed by atoms with Gasteiger partial charge in [0.1, 0.15) is 0 Å². The molecule has 96 valence electrons. The first-order chi connectivity index (χ1) is 7.74. The third kappa shape index (κ3) is 5.50. The molecule has 0 aromatic heterocycles. The Morgan fingerprint density at radius 3 is 3.06 bits per heavy atom. The number of nitrogens with zero attached hydrogens (tertiary/aromatic N) is 1. The molecule has 1 fully saturated rings. The maximum absolute atomic E-state index is 9.83. The van der Waals surface area contributed by atoms with Gasteiger partial charge in [0.05, 0.1) is 12.7 Å². The zero-order valence-electron chi connectivity index (χ0n) is 10.3. The van der Waals surface area contributed by atoms with Gasteiger partial charge in [-0.15, -0.1) is 0 Å². The van der Waals surface area contributed by atoms with Gasteiger partial charge in [-0.1, -0.05) is 0 Å². The van der Waals surface area contributed by atoms with Crippen LogP contribution in [-0.2, 0) is 4.74 Å². The highest BCUT2D eigenvalue weighted by Crippen LogP contribution is 2.21. The van der Waals surface area contributed by atoms with Crippen LogP contribution in [0.3, 0.4) is 0 Å². The van der Waals surface area contributed by atoms with Crippen LogP contribution >= 0.6 is 11.8 Å². The van der Waals surface area contributed by atoms with E-state index >= 15 is 0 Å². The van der Waals surface area contributed by atoms with Crippen molar-refractivity contribution in [3.8, 4) is 0 Å². The van der Waals surface area contributed by atoms with Gasteiger partial charge in [0.25, 0.3) is 0 Å². The van der Waals surface area contributed by atoms with Crippen LogP contribution in [0.2, 0.25) is 0 Å². The van der Waals surface area contributed by atoms with E-state index in [1.165, 1.54) is 17.9 Å². The summed E-state index contributed by atoms with van der Waals surface area (Å²) in [6.07, 6.45) is 0.970. The van der Waals surface area contributed by atoms with E-state index in [-0.39, 0.29) is 6.10 Å². The lowest BCUT2D eigenvalue weighted by molar-refractivity contribution is 0.105. The zero-order chi connectivity index (χ0) is 11.8. The monoisotopic (exact) mass is 248 g/mol. The third-order valence-corrected chi connectivity index (χ3v) is 4.04. The second-order valence-corrected chi connectivity index (χ2v) is 5.46. The highest BCUT2D eigenvalue weighted by molar-refractivity contribution is 7.99. The summed E-state index contributed by atoms with van der Waals surface area (Å²) in [4.78, 5) is 2.28. The van der Waals surface area contributed by atoms with Crippen molar-refractivity contribution in [2.24, 2.45) is 0 Å². The molecule has 2 unspecified atom stereocenters. The second kappa shape index (κ2) is 8.31. The molecule has 0 bridgehead atoms. The lowest BCUT2D eigenvalue weighted by Crippen LogP contribution is -2.41. The Labute approximate surface area is 103 Å². The Kier molecular flexibility index (Phi) is 7.40. The molecule has 1 heterocycles. The van der Waals surface area contributed by atoms with Crippen molar-refractivity contribution >= 4 is 11.8 Å². The van der Waals surface area contributed by atoms with Crippen LogP contribution in [-0.4, -0.2) is 74.1 Å². The normalized spacial score (nSPS) is 22.9. The van der Waals surface area contributed by atoms with Crippen molar-refractivity contribution in [2.75, 3.05) is 51.9 Å². The molecule has 0 amide bonds. The first kappa shape index (κ1) is 14.3. The van der Waals surface area contributed by atoms with E-state index in [9.17, 15) is 5.11 Å². The van der Waals surface area contributed by atoms with E-state index in [0.717, 1.165) is 13.1 Å². The maximum Gasteiger partial charge on any atom is 0.0791 e. The van der Waals surface area contributed by atoms with Crippen LogP contribution in [0.1, 0.15) is 6.42 Å². The topological polar surface area (TPSA) is 44.7 Å². The molecule has 1 aliphatic heterocycles. The van der Waals surface area contributed by atoms with E-state index in [2.05, 4.69) is 17.3 Å². The fourth-order valence-electron chi connectivity index (χ4n) is 1.86. The zero-order valence-corrected chi connectivity index (χ0v) is 11.1. The van der Waals surface area contributed by atoms with Crippen molar-refractivity contribution < 1.29 is 9.84 Å². The molecule has 0 aromatic rings. The fourth-order valence-corrected chi connectivity index (χ4v) is 3.16. The largest absolute Gasteiger partial charge is 0.390 e. The summed E-state index contributed by atoms with van der Waals surface area (Å²) in [5.74, 6) is 2.47. The van der Waals surface area contributed by atoms with Gasteiger partial charge in [-0.05, 0) is 19.2 Å². The minimum absolute atomic E-state index is 0.285. The SMILES string of the molecule is COCCNCC(O)CN(C)C1CCSC1. The van der Waals surface area contributed by atoms with Crippen molar-refractivity contribution in [1.29, 1.82) is 0 Å². The maximum atomic E-state index is 9.83. The molecule has 1 aliphatic rings. The summed E-state index contributed by atoms with van der Waals surface area (Å²) < 4.78 is 4.93. The number of rotatable bonds is 8. The summed E-state index contributed by atoms with van der Waals surface area (Å²) >= 11 is 2.01. The third-order valence-electron chi connectivity index (χ3n) is 2.89. The molecule has 0 saturated carbocycles. The number of methoxy groups -OCH3 is 1. The number of hydrogen-bond donors (Lipinski definition) is 2. The molecule has 2 atom stereocenters. The molecule has 5 heteroatoms. The quantitative estimate of drug-likeness (QED) is 0.593. The van der Waals surface area contributed by atoms with E-state index in [0.29, 0.717) is 19.2 Å². The predicted octanol–water partition coefficient (Wildman–Crippen LogP) is 0.0206. The summed E-state index contributed by atoms with van der Waals surface area (Å²) in [6.45, 7) is 2.90. The van der Waals surface area contributed by atoms with Crippen molar-refractivity contribution in [3.05, 3.63) is 0 Å². The van der Waals surface area contributed by atoms with E-state index in [1.54, 1.807) is 7.11 Å². The number of aliphatic hydroxyl groups excluding tert-OH is 1. The highest BCUT2D eigenvalue weighted by Gasteiger charge is 2.21. The predicted molar refractivity (Wildman–Crippen MR) is 69.1 cm³/mol. The van der Waals surface area contributed by atoms with E-state index in [4.69, 9.17) is 4.74 Å². The average molecular weight is 248 g/mol. The number of thioether (sulfide) groups is 1. The number of nitrogens with one attached hydrogen (secondary N) is 1. The Balaban J connectivity index is 2.05. The molecular formula is C11H24N2O2S. The van der Waals surface area contributed by atoms with Crippen molar-refractivity contribution in [2.45, 2.75) is 18.6 Å². The van der Waals surface area contributed by atoms with Crippen molar-refractivity contribution in [1.82, 2.24) is 10.2 Å². The Morgan fingerprint density at radius 1 is 1.62 bits per heavy atom. The van der Waals surface area contributed by atoms with E-state index < -0.39 is 0 Å². The number of hydrogen-bond acceptors (Lipinski definition) is 5. The molecule has 1 saturated heterocycles. The molecule has 0 aliphatic carbocycles. The molecule has 0 aromatic carbocycles. The van der Waals surface area contributed by atoms with E-state index in [1.807, 2.05) is 11.8 Å². The molecule has 4 nitrogen and oxygen atoms in total. The van der Waals surface area contributed by atoms with Crippen LogP contribution in [0.15, 0.2) is 0 Å². The lowest BCUT2D eigenvalue weighted by atomic mass is 10.2. The molecule has 16 heavy (non-hydrogen) atoms. The van der Waals surface area contributed by atoms with Crippen LogP contribution in [0.4, 0.5) is 0 Å². The van der Waals surface area contributed by atoms with Gasteiger partial charge in [-0.3, -0.25) is 4.90 Å². The van der Waals surface area contributed by atoms with Crippen LogP contribution < -0.4 is 5.32 Å². The summed E-state index contributed by atoms with van der Waals surface area (Å²) in [5, 5.41) is 13.0. The molecule has 0 radical (unpaired) electrons. The molecular weight excluding hydrogens is 224 g/mol. The second-order valence-electron chi connectivity index (χ2n) is 4.31. The minimum Gasteiger partial charge on any atom is -0.390 e. The number of aliphatic hydroxyl groups is 1. The van der Waals surface area contributed by atoms with Crippen LogP contribution in [0.5, 0.6) is 0 Å². The van der Waals surface area contributed by atoms with Gasteiger partial charge in [0, 0.05) is 38.5 Å². The van der Waals surface area contributed by atoms with Crippen LogP contribution in [0.25, 0.3) is 0 Å². The first-order valence-corrected chi connectivity index (χ1v) is 7.05. The Hall–Kier alpha value is 0.190. The average Bonchev–Trinajstić information content (AvgIpc) is 2.77. The first-order valence-electron chi connectivity index (χ1n) is 5.89. The lowest BCUT2D eigenvalue weighted by Gasteiger charge is -2.26. The molecule has 2 N–H and O–H groups in total. The molecule has 0 spiro atoms. The summed E-state index contributed by atoms with van der Waals surface area (Å²) in [7, 11) is 3.79. The standard InChI is InChI=1S/C11H24N2O2S/c1-13(10-3-6-16-9-10)8-11(14)7-12-4-5-15-2/h10-12,14H,3-9H2,1-2H3. The summed E-state index contributed by atoms with van der Waals surface area (Å²) in [6, 6.07) is 0.652. The van der Waals surface area contributed by atoms with Gasteiger partial charge in [0.2, 0.25) is 0 Å². The fraction of sp³-hybridized carbons (Fsp3) is 1.00. The Morgan fingerprint density at radius 2 is 2.44 bits per heavy atom.